The van der Waals surface area contributed by atoms with Crippen molar-refractivity contribution in [2.75, 3.05) is 25.6 Å². The molecule has 0 fully saturated rings. The van der Waals surface area contributed by atoms with Crippen LogP contribution in [0.25, 0.3) is 0 Å². The number of benzene rings is 1. The molecule has 0 atom stereocenters. The molecule has 0 unspecified atom stereocenters. The molecule has 0 aliphatic rings. The number of para-hydroxylation sites is 1. The minimum absolute atomic E-state index is 0.210. The van der Waals surface area contributed by atoms with Crippen LogP contribution in [0.5, 0.6) is 0 Å². The third-order valence-corrected chi connectivity index (χ3v) is 2.93. The minimum atomic E-state index is -0.210. The Kier molecular flexibility index (Phi) is 5.85. The van der Waals surface area contributed by atoms with Crippen molar-refractivity contribution < 1.29 is 9.53 Å². The maximum Gasteiger partial charge on any atom is 0.270 e. The van der Waals surface area contributed by atoms with E-state index in [2.05, 4.69) is 20.6 Å². The first-order chi connectivity index (χ1) is 10.7. The highest BCUT2D eigenvalue weighted by Crippen LogP contribution is 2.14. The van der Waals surface area contributed by atoms with Crippen molar-refractivity contribution >= 4 is 17.4 Å². The maximum absolute atomic E-state index is 12.1. The van der Waals surface area contributed by atoms with Crippen LogP contribution in [-0.2, 0) is 4.74 Å². The second-order valence-corrected chi connectivity index (χ2v) is 4.78. The number of methoxy groups -OCH3 is 1. The molecule has 0 bridgehead atoms. The van der Waals surface area contributed by atoms with Gasteiger partial charge in [0.25, 0.3) is 5.91 Å². The van der Waals surface area contributed by atoms with Gasteiger partial charge in [-0.05, 0) is 25.5 Å². The van der Waals surface area contributed by atoms with E-state index >= 15 is 0 Å². The molecule has 1 heterocycles. The third kappa shape index (κ3) is 4.82. The van der Waals surface area contributed by atoms with E-state index < -0.39 is 0 Å². The fourth-order valence-electron chi connectivity index (χ4n) is 1.93. The van der Waals surface area contributed by atoms with E-state index in [1.165, 1.54) is 0 Å². The van der Waals surface area contributed by atoms with Crippen molar-refractivity contribution in [2.45, 2.75) is 13.3 Å². The van der Waals surface area contributed by atoms with E-state index in [1.54, 1.807) is 20.1 Å². The van der Waals surface area contributed by atoms with Crippen LogP contribution in [0.2, 0.25) is 0 Å². The number of hydrogen-bond acceptors (Lipinski definition) is 5. The minimum Gasteiger partial charge on any atom is -0.385 e. The lowest BCUT2D eigenvalue weighted by Gasteiger charge is -2.09. The quantitative estimate of drug-likeness (QED) is 0.767. The van der Waals surface area contributed by atoms with Crippen molar-refractivity contribution in [1.29, 1.82) is 0 Å². The first kappa shape index (κ1) is 15.9. The van der Waals surface area contributed by atoms with E-state index in [4.69, 9.17) is 4.74 Å². The lowest BCUT2D eigenvalue weighted by molar-refractivity contribution is 0.0943. The molecule has 22 heavy (non-hydrogen) atoms. The molecule has 2 rings (SSSR count). The fraction of sp³-hybridized carbons (Fsp3) is 0.312. The van der Waals surface area contributed by atoms with Crippen molar-refractivity contribution in [2.24, 2.45) is 0 Å². The normalized spacial score (nSPS) is 10.3. The standard InChI is InChI=1S/C16H20N4O2/c1-12-18-14(16(21)17-9-6-10-22-2)11-15(19-12)20-13-7-4-3-5-8-13/h3-5,7-8,11H,6,9-10H2,1-2H3,(H,17,21)(H,18,19,20). The third-order valence-electron chi connectivity index (χ3n) is 2.93. The Morgan fingerprint density at radius 1 is 1.23 bits per heavy atom. The number of aromatic nitrogens is 2. The first-order valence-electron chi connectivity index (χ1n) is 7.14. The predicted octanol–water partition coefficient (Wildman–Crippen LogP) is 2.29. The van der Waals surface area contributed by atoms with Crippen LogP contribution in [0, 0.1) is 6.92 Å². The number of anilines is 2. The van der Waals surface area contributed by atoms with Crippen molar-refractivity contribution in [1.82, 2.24) is 15.3 Å². The van der Waals surface area contributed by atoms with Gasteiger partial charge in [0.1, 0.15) is 17.3 Å². The van der Waals surface area contributed by atoms with E-state index in [0.717, 1.165) is 12.1 Å². The van der Waals surface area contributed by atoms with Gasteiger partial charge in [0, 0.05) is 32.0 Å². The molecule has 1 amide bonds. The molecule has 0 radical (unpaired) electrons. The summed E-state index contributed by atoms with van der Waals surface area (Å²) in [6.07, 6.45) is 0.765. The summed E-state index contributed by atoms with van der Waals surface area (Å²) in [6.45, 7) is 2.93. The molecule has 2 N–H and O–H groups in total. The topological polar surface area (TPSA) is 76.1 Å². The molecule has 0 spiro atoms. The summed E-state index contributed by atoms with van der Waals surface area (Å²) in [6, 6.07) is 11.3. The molecule has 0 saturated heterocycles. The van der Waals surface area contributed by atoms with Gasteiger partial charge in [0.2, 0.25) is 0 Å². The van der Waals surface area contributed by atoms with Crippen LogP contribution in [0.4, 0.5) is 11.5 Å². The Morgan fingerprint density at radius 3 is 2.73 bits per heavy atom. The molecule has 6 nitrogen and oxygen atoms in total. The predicted molar refractivity (Wildman–Crippen MR) is 85.3 cm³/mol. The van der Waals surface area contributed by atoms with Gasteiger partial charge in [-0.2, -0.15) is 0 Å². The zero-order valence-corrected chi connectivity index (χ0v) is 12.8. The van der Waals surface area contributed by atoms with E-state index in [9.17, 15) is 4.79 Å². The Balaban J connectivity index is 2.04. The number of carbonyl (C=O) groups excluding carboxylic acids is 1. The van der Waals surface area contributed by atoms with Gasteiger partial charge in [-0.3, -0.25) is 4.79 Å². The average Bonchev–Trinajstić information content (AvgIpc) is 2.52. The maximum atomic E-state index is 12.1. The monoisotopic (exact) mass is 300 g/mol. The van der Waals surface area contributed by atoms with Crippen LogP contribution in [0.1, 0.15) is 22.7 Å². The number of nitrogens with zero attached hydrogens (tertiary/aromatic N) is 2. The SMILES string of the molecule is COCCCNC(=O)c1cc(Nc2ccccc2)nc(C)n1. The number of carbonyl (C=O) groups is 1. The highest BCUT2D eigenvalue weighted by Gasteiger charge is 2.10. The Hall–Kier alpha value is -2.47. The Labute approximate surface area is 129 Å². The zero-order chi connectivity index (χ0) is 15.8. The molecule has 0 aliphatic heterocycles. The summed E-state index contributed by atoms with van der Waals surface area (Å²) >= 11 is 0. The van der Waals surface area contributed by atoms with Crippen LogP contribution < -0.4 is 10.6 Å². The summed E-state index contributed by atoms with van der Waals surface area (Å²) in [5.74, 6) is 0.932. The van der Waals surface area contributed by atoms with Crippen LogP contribution >= 0.6 is 0 Å². The van der Waals surface area contributed by atoms with Gasteiger partial charge in [-0.1, -0.05) is 18.2 Å². The Morgan fingerprint density at radius 2 is 2.00 bits per heavy atom. The van der Waals surface area contributed by atoms with Crippen molar-refractivity contribution in [3.8, 4) is 0 Å². The van der Waals surface area contributed by atoms with E-state index in [1.807, 2.05) is 30.3 Å². The van der Waals surface area contributed by atoms with Gasteiger partial charge >= 0.3 is 0 Å². The molecule has 1 aromatic heterocycles. The highest BCUT2D eigenvalue weighted by atomic mass is 16.5. The molecule has 0 aliphatic carbocycles. The van der Waals surface area contributed by atoms with Crippen LogP contribution in [-0.4, -0.2) is 36.1 Å². The molecule has 1 aromatic carbocycles. The number of rotatable bonds is 7. The molecule has 6 heteroatoms. The van der Waals surface area contributed by atoms with Gasteiger partial charge in [-0.25, -0.2) is 9.97 Å². The van der Waals surface area contributed by atoms with E-state index in [0.29, 0.717) is 30.5 Å². The summed E-state index contributed by atoms with van der Waals surface area (Å²) in [5, 5.41) is 5.98. The molecular formula is C16H20N4O2. The number of nitrogens with one attached hydrogen (secondary N) is 2. The van der Waals surface area contributed by atoms with Crippen molar-refractivity contribution in [3.05, 3.63) is 47.9 Å². The zero-order valence-electron chi connectivity index (χ0n) is 12.8. The number of hydrogen-bond donors (Lipinski definition) is 2. The van der Waals surface area contributed by atoms with Crippen LogP contribution in [0.15, 0.2) is 36.4 Å². The van der Waals surface area contributed by atoms with Gasteiger partial charge in [0.15, 0.2) is 0 Å². The largest absolute Gasteiger partial charge is 0.385 e. The second kappa shape index (κ2) is 8.09. The van der Waals surface area contributed by atoms with Crippen molar-refractivity contribution in [3.63, 3.8) is 0 Å². The average molecular weight is 300 g/mol. The first-order valence-corrected chi connectivity index (χ1v) is 7.14. The molecular weight excluding hydrogens is 280 g/mol. The number of ether oxygens (including phenoxy) is 1. The molecule has 116 valence electrons. The number of aryl methyl sites for hydroxylation is 1. The summed E-state index contributed by atoms with van der Waals surface area (Å²) < 4.78 is 4.95. The van der Waals surface area contributed by atoms with Crippen LogP contribution in [0.3, 0.4) is 0 Å². The highest BCUT2D eigenvalue weighted by molar-refractivity contribution is 5.93. The summed E-state index contributed by atoms with van der Waals surface area (Å²) in [4.78, 5) is 20.6. The molecule has 0 saturated carbocycles. The Bertz CT molecular complexity index is 617. The second-order valence-electron chi connectivity index (χ2n) is 4.78. The van der Waals surface area contributed by atoms with E-state index in [-0.39, 0.29) is 5.91 Å². The van der Waals surface area contributed by atoms with Gasteiger partial charge in [0.05, 0.1) is 0 Å². The lowest BCUT2D eigenvalue weighted by Crippen LogP contribution is -2.26. The summed E-state index contributed by atoms with van der Waals surface area (Å²) in [5.41, 5.74) is 1.26. The van der Waals surface area contributed by atoms with Gasteiger partial charge in [-0.15, -0.1) is 0 Å². The number of amides is 1. The van der Waals surface area contributed by atoms with Gasteiger partial charge < -0.3 is 15.4 Å². The molecule has 2 aromatic rings. The fourth-order valence-corrected chi connectivity index (χ4v) is 1.93. The lowest BCUT2D eigenvalue weighted by atomic mass is 10.3. The smallest absolute Gasteiger partial charge is 0.270 e. The summed E-state index contributed by atoms with van der Waals surface area (Å²) in [7, 11) is 1.64.